The molecule has 150 valence electrons. The summed E-state index contributed by atoms with van der Waals surface area (Å²) in [6.45, 7) is 2.15. The minimum absolute atomic E-state index is 0.237. The van der Waals surface area contributed by atoms with E-state index < -0.39 is 16.1 Å². The van der Waals surface area contributed by atoms with Gasteiger partial charge in [-0.05, 0) is 31.9 Å². The topological polar surface area (TPSA) is 108 Å². The number of anilines is 1. The first-order valence-electron chi connectivity index (χ1n) is 8.94. The van der Waals surface area contributed by atoms with Crippen LogP contribution in [0.25, 0.3) is 0 Å². The highest BCUT2D eigenvalue weighted by Gasteiger charge is 2.32. The van der Waals surface area contributed by atoms with Crippen LogP contribution < -0.4 is 10.6 Å². The number of nitrogens with one attached hydrogen (secondary N) is 2. The Bertz CT molecular complexity index is 908. The minimum Gasteiger partial charge on any atom is -0.344 e. The van der Waals surface area contributed by atoms with E-state index in [1.54, 1.807) is 48.8 Å². The molecule has 3 rings (SSSR count). The molecule has 1 atom stereocenters. The van der Waals surface area contributed by atoms with Crippen LogP contribution in [0.3, 0.4) is 0 Å². The van der Waals surface area contributed by atoms with Crippen LogP contribution in [0.4, 0.5) is 5.13 Å². The lowest BCUT2D eigenvalue weighted by Crippen LogP contribution is -2.47. The van der Waals surface area contributed by atoms with Gasteiger partial charge in [-0.3, -0.25) is 9.59 Å². The van der Waals surface area contributed by atoms with Gasteiger partial charge in [-0.2, -0.15) is 4.31 Å². The van der Waals surface area contributed by atoms with Crippen molar-refractivity contribution >= 4 is 38.3 Å². The highest BCUT2D eigenvalue weighted by molar-refractivity contribution is 7.89. The molecule has 1 aromatic carbocycles. The number of hydrogen-bond acceptors (Lipinski definition) is 6. The number of benzene rings is 1. The van der Waals surface area contributed by atoms with Gasteiger partial charge in [0.15, 0.2) is 5.13 Å². The van der Waals surface area contributed by atoms with Crippen molar-refractivity contribution in [2.75, 3.05) is 18.4 Å². The molecule has 1 aliphatic rings. The highest BCUT2D eigenvalue weighted by Crippen LogP contribution is 2.24. The first kappa shape index (κ1) is 20.4. The normalized spacial score (nSPS) is 17.0. The van der Waals surface area contributed by atoms with Crippen molar-refractivity contribution in [1.29, 1.82) is 0 Å². The van der Waals surface area contributed by atoms with Crippen molar-refractivity contribution in [3.8, 4) is 0 Å². The third kappa shape index (κ3) is 4.75. The summed E-state index contributed by atoms with van der Waals surface area (Å²) >= 11 is 1.30. The van der Waals surface area contributed by atoms with Crippen LogP contribution in [0.2, 0.25) is 0 Å². The van der Waals surface area contributed by atoms with Crippen molar-refractivity contribution in [2.45, 2.75) is 30.7 Å². The molecule has 2 N–H and O–H groups in total. The zero-order valence-corrected chi connectivity index (χ0v) is 17.0. The maximum absolute atomic E-state index is 12.6. The summed E-state index contributed by atoms with van der Waals surface area (Å²) in [5.74, 6) is -0.900. The van der Waals surface area contributed by atoms with Gasteiger partial charge < -0.3 is 10.6 Å². The third-order valence-electron chi connectivity index (χ3n) is 4.62. The van der Waals surface area contributed by atoms with Crippen molar-refractivity contribution in [3.63, 3.8) is 0 Å². The fraction of sp³-hybridized carbons (Fsp3) is 0.389. The fourth-order valence-corrected chi connectivity index (χ4v) is 5.02. The zero-order valence-electron chi connectivity index (χ0n) is 15.4. The van der Waals surface area contributed by atoms with Crippen molar-refractivity contribution in [3.05, 3.63) is 41.9 Å². The highest BCUT2D eigenvalue weighted by atomic mass is 32.2. The maximum Gasteiger partial charge on any atom is 0.248 e. The lowest BCUT2D eigenvalue weighted by molar-refractivity contribution is -0.129. The molecule has 1 saturated heterocycles. The smallest absolute Gasteiger partial charge is 0.248 e. The Balaban J connectivity index is 1.51. The van der Waals surface area contributed by atoms with E-state index in [1.165, 1.54) is 15.6 Å². The number of thiazole rings is 1. The molecule has 1 fully saturated rings. The quantitative estimate of drug-likeness (QED) is 0.736. The number of aromatic nitrogens is 1. The van der Waals surface area contributed by atoms with E-state index in [2.05, 4.69) is 15.6 Å². The van der Waals surface area contributed by atoms with Crippen LogP contribution in [0.1, 0.15) is 19.8 Å². The van der Waals surface area contributed by atoms with Crippen LogP contribution in [0.15, 0.2) is 46.8 Å². The number of rotatable bonds is 6. The Kier molecular flexibility index (Phi) is 6.42. The average Bonchev–Trinajstić information content (AvgIpc) is 3.21. The molecule has 0 spiro atoms. The molecule has 1 aliphatic heterocycles. The predicted octanol–water partition coefficient (Wildman–Crippen LogP) is 1.69. The van der Waals surface area contributed by atoms with Gasteiger partial charge in [0.1, 0.15) is 6.04 Å². The summed E-state index contributed by atoms with van der Waals surface area (Å²) in [5, 5.41) is 7.57. The SMILES string of the molecule is C[C@H](NC(=O)C1CCN(S(=O)(=O)c2ccccc2)CC1)C(=O)Nc1nccs1. The number of nitrogens with zero attached hydrogens (tertiary/aromatic N) is 2. The molecular formula is C18H22N4O4S2. The molecule has 0 saturated carbocycles. The van der Waals surface area contributed by atoms with Crippen LogP contribution in [-0.2, 0) is 19.6 Å². The van der Waals surface area contributed by atoms with Crippen LogP contribution >= 0.6 is 11.3 Å². The summed E-state index contributed by atoms with van der Waals surface area (Å²) in [5.41, 5.74) is 0. The number of carbonyl (C=O) groups is 2. The number of sulfonamides is 1. The summed E-state index contributed by atoms with van der Waals surface area (Å²) < 4.78 is 26.7. The lowest BCUT2D eigenvalue weighted by atomic mass is 9.97. The molecule has 0 radical (unpaired) electrons. The molecule has 10 heteroatoms. The molecule has 0 unspecified atom stereocenters. The van der Waals surface area contributed by atoms with Crippen molar-refractivity contribution in [1.82, 2.24) is 14.6 Å². The molecule has 0 bridgehead atoms. The van der Waals surface area contributed by atoms with Gasteiger partial charge in [0, 0.05) is 30.6 Å². The molecule has 2 amide bonds. The van der Waals surface area contributed by atoms with Gasteiger partial charge in [0.05, 0.1) is 4.90 Å². The van der Waals surface area contributed by atoms with Gasteiger partial charge in [-0.25, -0.2) is 13.4 Å². The first-order chi connectivity index (χ1) is 13.4. The number of piperidine rings is 1. The zero-order chi connectivity index (χ0) is 20.1. The summed E-state index contributed by atoms with van der Waals surface area (Å²) in [4.78, 5) is 28.8. The van der Waals surface area contributed by atoms with E-state index in [0.29, 0.717) is 18.0 Å². The fourth-order valence-electron chi connectivity index (χ4n) is 3.00. The largest absolute Gasteiger partial charge is 0.344 e. The minimum atomic E-state index is -3.54. The van der Waals surface area contributed by atoms with Gasteiger partial charge in [0.2, 0.25) is 21.8 Å². The number of hydrogen-bond donors (Lipinski definition) is 2. The van der Waals surface area contributed by atoms with Gasteiger partial charge in [-0.15, -0.1) is 11.3 Å². The van der Waals surface area contributed by atoms with Gasteiger partial charge in [-0.1, -0.05) is 18.2 Å². The standard InChI is InChI=1S/C18H22N4O4S2/c1-13(16(23)21-18-19-9-12-27-18)20-17(24)14-7-10-22(11-8-14)28(25,26)15-5-3-2-4-6-15/h2-6,9,12-14H,7-8,10-11H2,1H3,(H,20,24)(H,19,21,23)/t13-/m0/s1. The van der Waals surface area contributed by atoms with Crippen LogP contribution in [-0.4, -0.2) is 48.7 Å². The van der Waals surface area contributed by atoms with E-state index in [1.807, 2.05) is 0 Å². The van der Waals surface area contributed by atoms with E-state index >= 15 is 0 Å². The second kappa shape index (κ2) is 8.80. The molecule has 0 aliphatic carbocycles. The lowest BCUT2D eigenvalue weighted by Gasteiger charge is -2.31. The van der Waals surface area contributed by atoms with E-state index in [-0.39, 0.29) is 35.7 Å². The third-order valence-corrected chi connectivity index (χ3v) is 7.22. The van der Waals surface area contributed by atoms with E-state index in [9.17, 15) is 18.0 Å². The Morgan fingerprint density at radius 3 is 2.50 bits per heavy atom. The second-order valence-corrected chi connectivity index (χ2v) is 9.38. The molecule has 28 heavy (non-hydrogen) atoms. The Labute approximate surface area is 168 Å². The van der Waals surface area contributed by atoms with Crippen LogP contribution in [0, 0.1) is 5.92 Å². The molecule has 2 heterocycles. The number of carbonyl (C=O) groups excluding carboxylic acids is 2. The van der Waals surface area contributed by atoms with Gasteiger partial charge in [0.25, 0.3) is 0 Å². The monoisotopic (exact) mass is 422 g/mol. The Morgan fingerprint density at radius 1 is 1.21 bits per heavy atom. The predicted molar refractivity (Wildman–Crippen MR) is 106 cm³/mol. The van der Waals surface area contributed by atoms with Crippen molar-refractivity contribution < 1.29 is 18.0 Å². The summed E-state index contributed by atoms with van der Waals surface area (Å²) in [6, 6.07) is 7.56. The summed E-state index contributed by atoms with van der Waals surface area (Å²) in [7, 11) is -3.54. The maximum atomic E-state index is 12.6. The van der Waals surface area contributed by atoms with E-state index in [4.69, 9.17) is 0 Å². The van der Waals surface area contributed by atoms with Gasteiger partial charge >= 0.3 is 0 Å². The Hall–Kier alpha value is -2.30. The number of amides is 2. The molecule has 2 aromatic rings. The molecule has 1 aromatic heterocycles. The molecule has 8 nitrogen and oxygen atoms in total. The second-order valence-electron chi connectivity index (χ2n) is 6.55. The average molecular weight is 423 g/mol. The van der Waals surface area contributed by atoms with Crippen LogP contribution in [0.5, 0.6) is 0 Å². The van der Waals surface area contributed by atoms with Crippen molar-refractivity contribution in [2.24, 2.45) is 5.92 Å². The Morgan fingerprint density at radius 2 is 1.89 bits per heavy atom. The summed E-state index contributed by atoms with van der Waals surface area (Å²) in [6.07, 6.45) is 2.41. The first-order valence-corrected chi connectivity index (χ1v) is 11.3. The molecular weight excluding hydrogens is 400 g/mol. The van der Waals surface area contributed by atoms with E-state index in [0.717, 1.165) is 0 Å².